The van der Waals surface area contributed by atoms with Crippen LogP contribution in [0.2, 0.25) is 10.0 Å². The van der Waals surface area contributed by atoms with E-state index in [9.17, 15) is 19.2 Å². The molecule has 0 fully saturated rings. The zero-order valence-electron chi connectivity index (χ0n) is 32.1. The number of Topliss-reactive ketones (excluding diaryl/α,β-unsaturated/α-hetero) is 2. The second-order valence-corrected chi connectivity index (χ2v) is 14.9. The summed E-state index contributed by atoms with van der Waals surface area (Å²) in [6.07, 6.45) is 3.13. The van der Waals surface area contributed by atoms with Crippen LogP contribution < -0.4 is 21.5 Å². The van der Waals surface area contributed by atoms with E-state index in [0.717, 1.165) is 22.3 Å². The predicted molar refractivity (Wildman–Crippen MR) is 241 cm³/mol. The van der Waals surface area contributed by atoms with Crippen LogP contribution in [0.5, 0.6) is 0 Å². The molecule has 0 spiro atoms. The molecule has 0 aromatic heterocycles. The number of carbonyl (C=O) groups excluding carboxylic acids is 4. The zero-order valence-corrected chi connectivity index (χ0v) is 33.7. The standard InChI is InChI=1S/C48H34Cl2N6O4/c1-27-11-17-33(18-12-27)51-47(59)37-23-31-7-3-5-9-35(31)43(45(37)57)55-53-41-21-15-29(25-39(41)49)30-16-22-42(40(50)26-30)54-56-44-36-10-6-4-8-32(36)24-38(46(44)58)48(60)52-34-19-13-28(2)14-20-34/h3-26,53-54H,1-2H3,(H,51,59)(H,52,60)/b55-43-,56-44-. The lowest BCUT2D eigenvalue weighted by molar-refractivity contribution is -0.118. The van der Waals surface area contributed by atoms with E-state index in [1.54, 1.807) is 84.9 Å². The number of amides is 2. The van der Waals surface area contributed by atoms with Crippen molar-refractivity contribution in [3.63, 3.8) is 0 Å². The van der Waals surface area contributed by atoms with Crippen LogP contribution in [-0.2, 0) is 19.2 Å². The fraction of sp³-hybridized carbons (Fsp3) is 0.0417. The van der Waals surface area contributed by atoms with Gasteiger partial charge in [-0.1, -0.05) is 119 Å². The van der Waals surface area contributed by atoms with Crippen LogP contribution >= 0.6 is 23.2 Å². The molecule has 6 aromatic rings. The van der Waals surface area contributed by atoms with Crippen molar-refractivity contribution in [1.82, 2.24) is 0 Å². The Labute approximate surface area is 355 Å². The third-order valence-electron chi connectivity index (χ3n) is 9.91. The summed E-state index contributed by atoms with van der Waals surface area (Å²) in [5.41, 5.74) is 13.9. The normalized spacial score (nSPS) is 14.5. The zero-order chi connectivity index (χ0) is 41.9. The Hall–Kier alpha value is -7.40. The minimum absolute atomic E-state index is 0.0458. The number of carbonyl (C=O) groups is 4. The number of halogens is 2. The number of aryl methyl sites for hydroxylation is 2. The molecule has 0 unspecified atom stereocenters. The Balaban J connectivity index is 0.983. The number of benzene rings is 6. The first-order valence-corrected chi connectivity index (χ1v) is 19.5. The molecule has 294 valence electrons. The molecule has 2 aliphatic rings. The lowest BCUT2D eigenvalue weighted by Crippen LogP contribution is -2.30. The van der Waals surface area contributed by atoms with Gasteiger partial charge in [-0.3, -0.25) is 30.0 Å². The summed E-state index contributed by atoms with van der Waals surface area (Å²) in [6, 6.07) is 39.5. The van der Waals surface area contributed by atoms with Crippen LogP contribution in [0, 0.1) is 13.8 Å². The Morgan fingerprint density at radius 2 is 0.883 bits per heavy atom. The first-order valence-electron chi connectivity index (χ1n) is 18.8. The van der Waals surface area contributed by atoms with Gasteiger partial charge in [-0.15, -0.1) is 0 Å². The highest BCUT2D eigenvalue weighted by Gasteiger charge is 2.31. The fourth-order valence-corrected chi connectivity index (χ4v) is 7.10. The quantitative estimate of drug-likeness (QED) is 0.0845. The lowest BCUT2D eigenvalue weighted by Gasteiger charge is -2.18. The van der Waals surface area contributed by atoms with Crippen LogP contribution in [0.25, 0.3) is 23.3 Å². The molecule has 4 N–H and O–H groups in total. The lowest BCUT2D eigenvalue weighted by atomic mass is 9.89. The molecule has 10 nitrogen and oxygen atoms in total. The minimum atomic E-state index is -0.543. The Bertz CT molecular complexity index is 2680. The Kier molecular flexibility index (Phi) is 11.1. The molecule has 6 aromatic carbocycles. The Morgan fingerprint density at radius 1 is 0.500 bits per heavy atom. The van der Waals surface area contributed by atoms with Gasteiger partial charge in [-0.2, -0.15) is 10.2 Å². The molecular weight excluding hydrogens is 795 g/mol. The number of ketones is 2. The van der Waals surface area contributed by atoms with Gasteiger partial charge in [0.1, 0.15) is 11.4 Å². The maximum atomic E-state index is 13.7. The van der Waals surface area contributed by atoms with Crippen LogP contribution in [0.3, 0.4) is 0 Å². The summed E-state index contributed by atoms with van der Waals surface area (Å²) >= 11 is 13.5. The second-order valence-electron chi connectivity index (χ2n) is 14.1. The maximum Gasteiger partial charge on any atom is 0.259 e. The molecule has 0 saturated carbocycles. The Morgan fingerprint density at radius 3 is 1.27 bits per heavy atom. The van der Waals surface area contributed by atoms with Crippen LogP contribution in [-0.4, -0.2) is 34.8 Å². The predicted octanol–water partition coefficient (Wildman–Crippen LogP) is 10.1. The van der Waals surface area contributed by atoms with E-state index < -0.39 is 23.4 Å². The van der Waals surface area contributed by atoms with E-state index in [4.69, 9.17) is 23.2 Å². The molecule has 8 rings (SSSR count). The first kappa shape index (κ1) is 39.4. The van der Waals surface area contributed by atoms with Crippen molar-refractivity contribution in [2.45, 2.75) is 13.8 Å². The SMILES string of the molecule is Cc1ccc(NC(=O)C2=Cc3ccccc3/C(=N/Nc3ccc(-c4ccc(N/N=C5\C(=O)C(C(=O)Nc6ccc(C)cc6)=Cc6ccccc65)c(Cl)c4)cc3Cl)C2=O)cc1. The van der Waals surface area contributed by atoms with Crippen molar-refractivity contribution >= 4 is 92.9 Å². The van der Waals surface area contributed by atoms with Gasteiger partial charge in [0.2, 0.25) is 11.6 Å². The summed E-state index contributed by atoms with van der Waals surface area (Å²) in [5, 5.41) is 15.1. The highest BCUT2D eigenvalue weighted by Crippen LogP contribution is 2.34. The highest BCUT2D eigenvalue weighted by atomic mass is 35.5. The number of hydrogen-bond acceptors (Lipinski definition) is 8. The van der Waals surface area contributed by atoms with Gasteiger partial charge in [0.25, 0.3) is 11.8 Å². The van der Waals surface area contributed by atoms with Crippen molar-refractivity contribution in [3.8, 4) is 11.1 Å². The number of nitrogens with zero attached hydrogens (tertiary/aromatic N) is 2. The molecule has 2 amide bonds. The molecule has 0 bridgehead atoms. The van der Waals surface area contributed by atoms with Gasteiger partial charge in [0.05, 0.1) is 32.6 Å². The fourth-order valence-electron chi connectivity index (χ4n) is 6.65. The number of anilines is 4. The average Bonchev–Trinajstić information content (AvgIpc) is 3.25. The van der Waals surface area contributed by atoms with E-state index >= 15 is 0 Å². The summed E-state index contributed by atoms with van der Waals surface area (Å²) in [5.74, 6) is -2.16. The summed E-state index contributed by atoms with van der Waals surface area (Å²) in [7, 11) is 0. The van der Waals surface area contributed by atoms with E-state index in [0.29, 0.717) is 55.0 Å². The number of rotatable bonds is 9. The number of hydrogen-bond donors (Lipinski definition) is 4. The van der Waals surface area contributed by atoms with Crippen molar-refractivity contribution in [2.75, 3.05) is 21.5 Å². The third-order valence-corrected chi connectivity index (χ3v) is 10.5. The number of fused-ring (bicyclic) bond motifs is 2. The van der Waals surface area contributed by atoms with Crippen LogP contribution in [0.15, 0.2) is 155 Å². The molecule has 0 radical (unpaired) electrons. The van der Waals surface area contributed by atoms with Gasteiger partial charge in [0, 0.05) is 22.5 Å². The summed E-state index contributed by atoms with van der Waals surface area (Å²) < 4.78 is 0. The van der Waals surface area contributed by atoms with Crippen molar-refractivity contribution < 1.29 is 19.2 Å². The van der Waals surface area contributed by atoms with Gasteiger partial charge >= 0.3 is 0 Å². The number of hydrazone groups is 2. The maximum absolute atomic E-state index is 13.7. The van der Waals surface area contributed by atoms with Gasteiger partial charge < -0.3 is 10.6 Å². The second kappa shape index (κ2) is 16.8. The van der Waals surface area contributed by atoms with E-state index in [1.165, 1.54) is 0 Å². The smallest absolute Gasteiger partial charge is 0.259 e. The van der Waals surface area contributed by atoms with Crippen molar-refractivity contribution in [1.29, 1.82) is 0 Å². The summed E-state index contributed by atoms with van der Waals surface area (Å²) in [6.45, 7) is 3.89. The van der Waals surface area contributed by atoms with Crippen LogP contribution in [0.4, 0.5) is 22.7 Å². The molecule has 0 aliphatic heterocycles. The topological polar surface area (TPSA) is 141 Å². The van der Waals surface area contributed by atoms with E-state index in [1.807, 2.05) is 74.5 Å². The van der Waals surface area contributed by atoms with Crippen LogP contribution in [0.1, 0.15) is 33.4 Å². The number of nitrogens with one attached hydrogen (secondary N) is 4. The summed E-state index contributed by atoms with van der Waals surface area (Å²) in [4.78, 5) is 54.0. The molecule has 12 heteroatoms. The molecular formula is C48H34Cl2N6O4. The largest absolute Gasteiger partial charge is 0.322 e. The first-order chi connectivity index (χ1) is 29.0. The molecule has 0 atom stereocenters. The monoisotopic (exact) mass is 828 g/mol. The minimum Gasteiger partial charge on any atom is -0.322 e. The third kappa shape index (κ3) is 8.28. The average molecular weight is 830 g/mol. The highest BCUT2D eigenvalue weighted by molar-refractivity contribution is 6.60. The molecule has 2 aliphatic carbocycles. The van der Waals surface area contributed by atoms with E-state index in [2.05, 4.69) is 31.7 Å². The van der Waals surface area contributed by atoms with Crippen molar-refractivity contribution in [2.24, 2.45) is 10.2 Å². The molecule has 60 heavy (non-hydrogen) atoms. The van der Waals surface area contributed by atoms with Gasteiger partial charge in [-0.25, -0.2) is 0 Å². The van der Waals surface area contributed by atoms with E-state index in [-0.39, 0.29) is 22.6 Å². The van der Waals surface area contributed by atoms with Gasteiger partial charge in [-0.05, 0) is 96.8 Å². The van der Waals surface area contributed by atoms with Gasteiger partial charge in [0.15, 0.2) is 0 Å². The van der Waals surface area contributed by atoms with Crippen molar-refractivity contribution in [3.05, 3.63) is 188 Å². The molecule has 0 heterocycles. The molecule has 0 saturated heterocycles.